The van der Waals surface area contributed by atoms with Gasteiger partial charge in [-0.2, -0.15) is 0 Å². The lowest BCUT2D eigenvalue weighted by molar-refractivity contribution is 0.0958. The van der Waals surface area contributed by atoms with Crippen LogP contribution in [-0.4, -0.2) is 60.5 Å². The number of anilines is 1. The predicted molar refractivity (Wildman–Crippen MR) is 154 cm³/mol. The normalized spacial score (nSPS) is 13.3. The highest BCUT2D eigenvalue weighted by atomic mass is 35.5. The van der Waals surface area contributed by atoms with Crippen LogP contribution in [0.15, 0.2) is 79.0 Å². The lowest BCUT2D eigenvalue weighted by Gasteiger charge is -2.36. The van der Waals surface area contributed by atoms with E-state index < -0.39 is 0 Å². The highest BCUT2D eigenvalue weighted by Gasteiger charge is 2.18. The maximum atomic E-state index is 12.4. The van der Waals surface area contributed by atoms with E-state index in [2.05, 4.69) is 26.2 Å². The Morgan fingerprint density at radius 2 is 1.64 bits per heavy atom. The van der Waals surface area contributed by atoms with Gasteiger partial charge in [-0.05, 0) is 36.4 Å². The van der Waals surface area contributed by atoms with Crippen molar-refractivity contribution >= 4 is 59.6 Å². The zero-order valence-electron chi connectivity index (χ0n) is 19.6. The van der Waals surface area contributed by atoms with E-state index in [4.69, 9.17) is 23.2 Å². The van der Waals surface area contributed by atoms with Gasteiger partial charge in [0.15, 0.2) is 0 Å². The van der Waals surface area contributed by atoms with Crippen LogP contribution in [0.2, 0.25) is 10.0 Å². The van der Waals surface area contributed by atoms with Gasteiger partial charge in [-0.1, -0.05) is 59.6 Å². The molecule has 10 heteroatoms. The molecular weight excluding hydrogens is 542 g/mol. The molecule has 0 radical (unpaired) electrons. The minimum Gasteiger partial charge on any atom is -0.412 e. The molecule has 0 saturated carbocycles. The summed E-state index contributed by atoms with van der Waals surface area (Å²) in [7, 11) is 0. The minimum absolute atomic E-state index is 0. The van der Waals surface area contributed by atoms with Gasteiger partial charge in [-0.3, -0.25) is 14.7 Å². The number of rotatable bonds is 7. The Balaban J connectivity index is 0.00000216. The second kappa shape index (κ2) is 15.7. The van der Waals surface area contributed by atoms with E-state index in [0.29, 0.717) is 22.2 Å². The standard InChI is InChI=1S/C26H26Cl2N4O.2ClH.H2O/c27-22-6-5-8-24(25(22)28)32-18-16-31(17-19-32)15-4-3-14-30-26(33)21-11-9-20(10-12-21)23-7-1-2-13-29-23;;;/h1-13H,14-19H2,(H,30,33);2*1H;1H2/b4-3+;;;. The molecule has 0 atom stereocenters. The van der Waals surface area contributed by atoms with Crippen LogP contribution in [0, 0.1) is 0 Å². The maximum absolute atomic E-state index is 12.4. The van der Waals surface area contributed by atoms with E-state index in [-0.39, 0.29) is 36.2 Å². The van der Waals surface area contributed by atoms with Crippen molar-refractivity contribution in [3.63, 3.8) is 0 Å². The summed E-state index contributed by atoms with van der Waals surface area (Å²) >= 11 is 12.5. The molecule has 36 heavy (non-hydrogen) atoms. The fraction of sp³-hybridized carbons (Fsp3) is 0.231. The number of aromatic nitrogens is 1. The van der Waals surface area contributed by atoms with Crippen LogP contribution in [0.5, 0.6) is 0 Å². The summed E-state index contributed by atoms with van der Waals surface area (Å²) in [5, 5.41) is 4.15. The van der Waals surface area contributed by atoms with Gasteiger partial charge >= 0.3 is 0 Å². The van der Waals surface area contributed by atoms with Gasteiger partial charge in [-0.15, -0.1) is 24.8 Å². The fourth-order valence-corrected chi connectivity index (χ4v) is 4.21. The molecule has 1 aromatic heterocycles. The molecule has 2 heterocycles. The first-order chi connectivity index (χ1) is 16.1. The molecular formula is C26H30Cl4N4O2. The number of halogens is 4. The summed E-state index contributed by atoms with van der Waals surface area (Å²) in [4.78, 5) is 21.4. The van der Waals surface area contributed by atoms with Crippen LogP contribution in [0.1, 0.15) is 10.4 Å². The highest BCUT2D eigenvalue weighted by molar-refractivity contribution is 6.43. The maximum Gasteiger partial charge on any atom is 0.251 e. The second-order valence-corrected chi connectivity index (χ2v) is 8.62. The van der Waals surface area contributed by atoms with Gasteiger partial charge in [0.25, 0.3) is 5.91 Å². The molecule has 1 aliphatic heterocycles. The number of hydrogen-bond acceptors (Lipinski definition) is 4. The number of pyridine rings is 1. The van der Waals surface area contributed by atoms with Crippen molar-refractivity contribution in [2.45, 2.75) is 0 Å². The molecule has 0 aliphatic carbocycles. The number of nitrogens with one attached hydrogen (secondary N) is 1. The second-order valence-electron chi connectivity index (χ2n) is 7.83. The van der Waals surface area contributed by atoms with Crippen molar-refractivity contribution in [3.05, 3.63) is 94.6 Å². The van der Waals surface area contributed by atoms with Gasteiger partial charge in [0, 0.05) is 56.6 Å². The van der Waals surface area contributed by atoms with Gasteiger partial charge in [-0.25, -0.2) is 0 Å². The topological polar surface area (TPSA) is 80.0 Å². The van der Waals surface area contributed by atoms with Crippen LogP contribution in [0.3, 0.4) is 0 Å². The highest BCUT2D eigenvalue weighted by Crippen LogP contribution is 2.32. The molecule has 4 rings (SSSR count). The lowest BCUT2D eigenvalue weighted by atomic mass is 10.1. The van der Waals surface area contributed by atoms with E-state index in [1.165, 1.54) is 0 Å². The Morgan fingerprint density at radius 3 is 2.31 bits per heavy atom. The number of benzene rings is 2. The van der Waals surface area contributed by atoms with Gasteiger partial charge in [0.2, 0.25) is 0 Å². The number of carbonyl (C=O) groups excluding carboxylic acids is 1. The van der Waals surface area contributed by atoms with E-state index in [1.54, 1.807) is 6.20 Å². The quantitative estimate of drug-likeness (QED) is 0.396. The molecule has 0 unspecified atom stereocenters. The van der Waals surface area contributed by atoms with Crippen molar-refractivity contribution in [1.82, 2.24) is 15.2 Å². The van der Waals surface area contributed by atoms with E-state index in [9.17, 15) is 4.79 Å². The molecule has 194 valence electrons. The Kier molecular flexibility index (Phi) is 13.8. The number of nitrogens with zero attached hydrogens (tertiary/aromatic N) is 3. The summed E-state index contributed by atoms with van der Waals surface area (Å²) in [5.41, 5.74) is 3.52. The summed E-state index contributed by atoms with van der Waals surface area (Å²) in [5.74, 6) is -0.0840. The minimum atomic E-state index is -0.0840. The Bertz CT molecular complexity index is 1110. The average Bonchev–Trinajstić information content (AvgIpc) is 2.86. The molecule has 3 aromatic rings. The van der Waals surface area contributed by atoms with Crippen molar-refractivity contribution in [2.75, 3.05) is 44.2 Å². The van der Waals surface area contributed by atoms with E-state index in [1.807, 2.05) is 66.7 Å². The smallest absolute Gasteiger partial charge is 0.251 e. The zero-order valence-corrected chi connectivity index (χ0v) is 22.7. The number of amides is 1. The van der Waals surface area contributed by atoms with Gasteiger partial charge in [0.05, 0.1) is 21.4 Å². The Labute approximate surface area is 234 Å². The summed E-state index contributed by atoms with van der Waals surface area (Å²) < 4.78 is 0. The fourth-order valence-electron chi connectivity index (χ4n) is 3.79. The van der Waals surface area contributed by atoms with Crippen LogP contribution in [0.4, 0.5) is 5.69 Å². The molecule has 0 spiro atoms. The molecule has 2 aromatic carbocycles. The summed E-state index contributed by atoms with van der Waals surface area (Å²) in [6.45, 7) is 5.05. The third-order valence-electron chi connectivity index (χ3n) is 5.66. The molecule has 6 nitrogen and oxygen atoms in total. The Morgan fingerprint density at radius 1 is 0.917 bits per heavy atom. The number of piperazine rings is 1. The van der Waals surface area contributed by atoms with Crippen molar-refractivity contribution < 1.29 is 10.3 Å². The molecule has 3 N–H and O–H groups in total. The van der Waals surface area contributed by atoms with Crippen molar-refractivity contribution in [3.8, 4) is 11.3 Å². The molecule has 0 bridgehead atoms. The van der Waals surface area contributed by atoms with Crippen molar-refractivity contribution in [1.29, 1.82) is 0 Å². The van der Waals surface area contributed by atoms with Crippen LogP contribution in [-0.2, 0) is 0 Å². The molecule has 1 aliphatic rings. The summed E-state index contributed by atoms with van der Waals surface area (Å²) in [6.07, 6.45) is 5.87. The SMILES string of the molecule is Cl.Cl.O.O=C(NC/C=C/CN1CCN(c2cccc(Cl)c2Cl)CC1)c1ccc(-c2ccccn2)cc1. The zero-order chi connectivity index (χ0) is 23.0. The molecule has 1 amide bonds. The van der Waals surface area contributed by atoms with E-state index in [0.717, 1.165) is 49.7 Å². The van der Waals surface area contributed by atoms with Crippen molar-refractivity contribution in [2.24, 2.45) is 0 Å². The number of carbonyl (C=O) groups is 1. The third kappa shape index (κ3) is 8.37. The third-order valence-corrected chi connectivity index (χ3v) is 6.47. The first-order valence-corrected chi connectivity index (χ1v) is 11.7. The van der Waals surface area contributed by atoms with E-state index >= 15 is 0 Å². The first kappa shape index (κ1) is 31.7. The molecule has 1 fully saturated rings. The largest absolute Gasteiger partial charge is 0.412 e. The average molecular weight is 572 g/mol. The van der Waals surface area contributed by atoms with Gasteiger partial charge < -0.3 is 15.7 Å². The summed E-state index contributed by atoms with van der Waals surface area (Å²) in [6, 6.07) is 19.0. The van der Waals surface area contributed by atoms with Crippen LogP contribution < -0.4 is 10.2 Å². The predicted octanol–water partition coefficient (Wildman–Crippen LogP) is 5.18. The molecule has 1 saturated heterocycles. The van der Waals surface area contributed by atoms with Crippen LogP contribution >= 0.6 is 48.0 Å². The lowest BCUT2D eigenvalue weighted by Crippen LogP contribution is -2.46. The monoisotopic (exact) mass is 570 g/mol. The number of hydrogen-bond donors (Lipinski definition) is 1. The van der Waals surface area contributed by atoms with Gasteiger partial charge in [0.1, 0.15) is 0 Å². The Hall–Kier alpha value is -2.32. The first-order valence-electron chi connectivity index (χ1n) is 11.0. The van der Waals surface area contributed by atoms with Crippen LogP contribution in [0.25, 0.3) is 11.3 Å².